The number of carbonyl (C=O) groups is 1. The lowest BCUT2D eigenvalue weighted by atomic mass is 10.1. The third-order valence-electron chi connectivity index (χ3n) is 4.30. The Morgan fingerprint density at radius 3 is 2.75 bits per heavy atom. The van der Waals surface area contributed by atoms with E-state index in [0.717, 1.165) is 34.3 Å². The van der Waals surface area contributed by atoms with Gasteiger partial charge in [-0.05, 0) is 37.8 Å². The predicted octanol–water partition coefficient (Wildman–Crippen LogP) is 3.20. The van der Waals surface area contributed by atoms with Gasteiger partial charge in [-0.25, -0.2) is 4.98 Å². The van der Waals surface area contributed by atoms with Gasteiger partial charge >= 0.3 is 0 Å². The van der Waals surface area contributed by atoms with Crippen LogP contribution in [0.1, 0.15) is 30.8 Å². The number of hydrogen-bond acceptors (Lipinski definition) is 4. The molecule has 1 saturated carbocycles. The smallest absolute Gasteiger partial charge is 0.220 e. The SMILES string of the molecule is Cc1nc(CCC(=O)NC(CN)C2CC2)oc1-c1ccc(Br)cc1. The van der Waals surface area contributed by atoms with E-state index in [1.807, 2.05) is 31.2 Å². The van der Waals surface area contributed by atoms with Crippen LogP contribution in [0.4, 0.5) is 0 Å². The third kappa shape index (κ3) is 4.24. The standard InChI is InChI=1S/C18H22BrN3O2/c1-11-18(13-4-6-14(19)7-5-13)24-17(21-11)9-8-16(23)22-15(10-20)12-2-3-12/h4-7,12,15H,2-3,8-10,20H2,1H3,(H,22,23). The van der Waals surface area contributed by atoms with E-state index >= 15 is 0 Å². The van der Waals surface area contributed by atoms with Crippen LogP contribution in [0.15, 0.2) is 33.2 Å². The molecule has 1 atom stereocenters. The van der Waals surface area contributed by atoms with Gasteiger partial charge in [0.1, 0.15) is 0 Å². The first-order chi connectivity index (χ1) is 11.6. The number of aryl methyl sites for hydroxylation is 2. The van der Waals surface area contributed by atoms with Crippen molar-refractivity contribution in [1.82, 2.24) is 10.3 Å². The molecule has 5 nitrogen and oxygen atoms in total. The largest absolute Gasteiger partial charge is 0.440 e. The zero-order valence-electron chi connectivity index (χ0n) is 13.7. The summed E-state index contributed by atoms with van der Waals surface area (Å²) >= 11 is 3.42. The monoisotopic (exact) mass is 391 g/mol. The Labute approximate surface area is 150 Å². The first kappa shape index (κ1) is 17.2. The summed E-state index contributed by atoms with van der Waals surface area (Å²) in [5.74, 6) is 1.93. The number of carbonyl (C=O) groups excluding carboxylic acids is 1. The Balaban J connectivity index is 1.58. The van der Waals surface area contributed by atoms with Gasteiger partial charge in [0.15, 0.2) is 11.7 Å². The molecule has 3 N–H and O–H groups in total. The van der Waals surface area contributed by atoms with Crippen LogP contribution in [0.2, 0.25) is 0 Å². The second-order valence-electron chi connectivity index (χ2n) is 6.28. The second-order valence-corrected chi connectivity index (χ2v) is 7.19. The first-order valence-electron chi connectivity index (χ1n) is 8.28. The number of halogens is 1. The first-order valence-corrected chi connectivity index (χ1v) is 9.08. The number of amides is 1. The molecule has 1 aliphatic rings. The number of nitrogens with zero attached hydrogens (tertiary/aromatic N) is 1. The molecule has 1 aliphatic carbocycles. The highest BCUT2D eigenvalue weighted by Gasteiger charge is 2.31. The fourth-order valence-corrected chi connectivity index (χ4v) is 3.06. The Morgan fingerprint density at radius 2 is 2.12 bits per heavy atom. The molecule has 0 aliphatic heterocycles. The zero-order chi connectivity index (χ0) is 17.1. The topological polar surface area (TPSA) is 81.2 Å². The highest BCUT2D eigenvalue weighted by molar-refractivity contribution is 9.10. The third-order valence-corrected chi connectivity index (χ3v) is 4.83. The lowest BCUT2D eigenvalue weighted by molar-refractivity contribution is -0.121. The Kier molecular flexibility index (Phi) is 5.36. The van der Waals surface area contributed by atoms with Crippen molar-refractivity contribution >= 4 is 21.8 Å². The molecule has 24 heavy (non-hydrogen) atoms. The number of rotatable bonds is 7. The van der Waals surface area contributed by atoms with Crippen LogP contribution in [0.25, 0.3) is 11.3 Å². The molecular formula is C18H22BrN3O2. The minimum Gasteiger partial charge on any atom is -0.440 e. The van der Waals surface area contributed by atoms with Gasteiger partial charge in [0.25, 0.3) is 0 Å². The fraction of sp³-hybridized carbons (Fsp3) is 0.444. The van der Waals surface area contributed by atoms with Crippen LogP contribution >= 0.6 is 15.9 Å². The van der Waals surface area contributed by atoms with Gasteiger partial charge in [-0.1, -0.05) is 28.1 Å². The van der Waals surface area contributed by atoms with Crippen molar-refractivity contribution in [3.05, 3.63) is 40.3 Å². The maximum absolute atomic E-state index is 12.1. The quantitative estimate of drug-likeness (QED) is 0.758. The van der Waals surface area contributed by atoms with E-state index in [1.165, 1.54) is 0 Å². The Morgan fingerprint density at radius 1 is 1.42 bits per heavy atom. The van der Waals surface area contributed by atoms with Crippen molar-refractivity contribution in [1.29, 1.82) is 0 Å². The molecular weight excluding hydrogens is 370 g/mol. The zero-order valence-corrected chi connectivity index (χ0v) is 15.3. The van der Waals surface area contributed by atoms with E-state index in [9.17, 15) is 4.79 Å². The van der Waals surface area contributed by atoms with Gasteiger partial charge in [-0.2, -0.15) is 0 Å². The van der Waals surface area contributed by atoms with E-state index in [2.05, 4.69) is 26.2 Å². The normalized spacial score (nSPS) is 15.3. The summed E-state index contributed by atoms with van der Waals surface area (Å²) in [6.45, 7) is 2.42. The van der Waals surface area contributed by atoms with Gasteiger partial charge in [0.2, 0.25) is 5.91 Å². The highest BCUT2D eigenvalue weighted by atomic mass is 79.9. The van der Waals surface area contributed by atoms with Crippen molar-refractivity contribution < 1.29 is 9.21 Å². The fourth-order valence-electron chi connectivity index (χ4n) is 2.80. The molecule has 1 fully saturated rings. The average Bonchev–Trinajstić information content (AvgIpc) is 3.34. The van der Waals surface area contributed by atoms with E-state index in [-0.39, 0.29) is 11.9 Å². The summed E-state index contributed by atoms with van der Waals surface area (Å²) in [7, 11) is 0. The molecule has 1 amide bonds. The minimum atomic E-state index is 0.0124. The molecule has 0 radical (unpaired) electrons. The van der Waals surface area contributed by atoms with Gasteiger partial charge in [-0.15, -0.1) is 0 Å². The number of nitrogens with one attached hydrogen (secondary N) is 1. The molecule has 1 aromatic heterocycles. The molecule has 2 aromatic rings. The van der Waals surface area contributed by atoms with Gasteiger partial charge in [0.05, 0.1) is 5.69 Å². The highest BCUT2D eigenvalue weighted by Crippen LogP contribution is 2.32. The molecule has 1 unspecified atom stereocenters. The van der Waals surface area contributed by atoms with Crippen molar-refractivity contribution in [3.8, 4) is 11.3 Å². The van der Waals surface area contributed by atoms with Crippen molar-refractivity contribution in [2.75, 3.05) is 6.54 Å². The summed E-state index contributed by atoms with van der Waals surface area (Å²) in [6, 6.07) is 8.01. The maximum atomic E-state index is 12.1. The molecule has 6 heteroatoms. The lowest BCUT2D eigenvalue weighted by Crippen LogP contribution is -2.41. The summed E-state index contributed by atoms with van der Waals surface area (Å²) in [5, 5.41) is 3.02. The second kappa shape index (κ2) is 7.49. The van der Waals surface area contributed by atoms with Gasteiger partial charge < -0.3 is 15.5 Å². The molecule has 0 bridgehead atoms. The van der Waals surface area contributed by atoms with Crippen LogP contribution < -0.4 is 11.1 Å². The number of oxazole rings is 1. The van der Waals surface area contributed by atoms with Crippen LogP contribution in [0.3, 0.4) is 0 Å². The molecule has 0 spiro atoms. The summed E-state index contributed by atoms with van der Waals surface area (Å²) in [6.07, 6.45) is 3.18. The van der Waals surface area contributed by atoms with Crippen LogP contribution in [-0.4, -0.2) is 23.5 Å². The summed E-state index contributed by atoms with van der Waals surface area (Å²) in [4.78, 5) is 16.5. The van der Waals surface area contributed by atoms with Crippen LogP contribution in [0, 0.1) is 12.8 Å². The lowest BCUT2D eigenvalue weighted by Gasteiger charge is -2.15. The maximum Gasteiger partial charge on any atom is 0.220 e. The van der Waals surface area contributed by atoms with Crippen molar-refractivity contribution in [3.63, 3.8) is 0 Å². The number of hydrogen-bond donors (Lipinski definition) is 2. The summed E-state index contributed by atoms with van der Waals surface area (Å²) in [5.41, 5.74) is 7.54. The number of benzene rings is 1. The summed E-state index contributed by atoms with van der Waals surface area (Å²) < 4.78 is 6.87. The Bertz CT molecular complexity index is 708. The molecule has 128 valence electrons. The number of nitrogens with two attached hydrogens (primary N) is 1. The van der Waals surface area contributed by atoms with Crippen molar-refractivity contribution in [2.24, 2.45) is 11.7 Å². The minimum absolute atomic E-state index is 0.0124. The Hall–Kier alpha value is -1.66. The van der Waals surface area contributed by atoms with Gasteiger partial charge in [-0.3, -0.25) is 4.79 Å². The van der Waals surface area contributed by atoms with Crippen LogP contribution in [-0.2, 0) is 11.2 Å². The van der Waals surface area contributed by atoms with E-state index in [1.54, 1.807) is 0 Å². The molecule has 1 aromatic carbocycles. The predicted molar refractivity (Wildman–Crippen MR) is 96.4 cm³/mol. The van der Waals surface area contributed by atoms with E-state index in [4.69, 9.17) is 10.2 Å². The molecule has 3 rings (SSSR count). The van der Waals surface area contributed by atoms with Crippen molar-refractivity contribution in [2.45, 2.75) is 38.6 Å². The number of aromatic nitrogens is 1. The van der Waals surface area contributed by atoms with Gasteiger partial charge in [0, 0.05) is 35.5 Å². The van der Waals surface area contributed by atoms with Crippen LogP contribution in [0.5, 0.6) is 0 Å². The average molecular weight is 392 g/mol. The molecule has 0 saturated heterocycles. The van der Waals surface area contributed by atoms with E-state index < -0.39 is 0 Å². The molecule has 1 heterocycles. The van der Waals surface area contributed by atoms with E-state index in [0.29, 0.717) is 31.2 Å².